The van der Waals surface area contributed by atoms with Crippen LogP contribution in [0.2, 0.25) is 0 Å². The van der Waals surface area contributed by atoms with Crippen LogP contribution < -0.4 is 5.73 Å². The van der Waals surface area contributed by atoms with Gasteiger partial charge in [-0.1, -0.05) is 13.3 Å². The standard InChI is InChI=1S/C13H25NO2/c1-2-11-4-6-12(8-11,9-14)13(15)5-3-7-16-10-13/h11,15H,2-10,14H2,1H3. The molecule has 0 aromatic heterocycles. The Morgan fingerprint density at radius 3 is 2.75 bits per heavy atom. The number of ether oxygens (including phenoxy) is 1. The van der Waals surface area contributed by atoms with Gasteiger partial charge in [0.15, 0.2) is 0 Å². The first-order valence-electron chi connectivity index (χ1n) is 6.66. The molecule has 3 nitrogen and oxygen atoms in total. The van der Waals surface area contributed by atoms with Gasteiger partial charge < -0.3 is 15.6 Å². The van der Waals surface area contributed by atoms with Crippen LogP contribution in [-0.4, -0.2) is 30.5 Å². The molecular weight excluding hydrogens is 202 g/mol. The maximum absolute atomic E-state index is 10.8. The van der Waals surface area contributed by atoms with Gasteiger partial charge in [0.05, 0.1) is 12.2 Å². The fourth-order valence-corrected chi connectivity index (χ4v) is 3.58. The summed E-state index contributed by atoms with van der Waals surface area (Å²) in [5, 5.41) is 10.8. The average molecular weight is 227 g/mol. The van der Waals surface area contributed by atoms with E-state index in [2.05, 4.69) is 6.92 Å². The van der Waals surface area contributed by atoms with Gasteiger partial charge in [-0.2, -0.15) is 0 Å². The fourth-order valence-electron chi connectivity index (χ4n) is 3.58. The van der Waals surface area contributed by atoms with Gasteiger partial charge in [0.25, 0.3) is 0 Å². The molecule has 1 aliphatic carbocycles. The molecule has 0 amide bonds. The van der Waals surface area contributed by atoms with E-state index in [9.17, 15) is 5.11 Å². The lowest BCUT2D eigenvalue weighted by molar-refractivity contribution is -0.158. The molecule has 1 aliphatic heterocycles. The molecule has 2 aliphatic rings. The van der Waals surface area contributed by atoms with Crippen LogP contribution in [0.15, 0.2) is 0 Å². The zero-order valence-corrected chi connectivity index (χ0v) is 10.4. The maximum atomic E-state index is 10.8. The molecule has 0 radical (unpaired) electrons. The van der Waals surface area contributed by atoms with Crippen molar-refractivity contribution >= 4 is 0 Å². The van der Waals surface area contributed by atoms with Crippen LogP contribution in [0.4, 0.5) is 0 Å². The number of aliphatic hydroxyl groups is 1. The summed E-state index contributed by atoms with van der Waals surface area (Å²) in [7, 11) is 0. The largest absolute Gasteiger partial charge is 0.387 e. The SMILES string of the molecule is CCC1CCC(CN)(C2(O)CCCOC2)C1. The number of hydrogen-bond acceptors (Lipinski definition) is 3. The van der Waals surface area contributed by atoms with Crippen molar-refractivity contribution in [3.63, 3.8) is 0 Å². The summed E-state index contributed by atoms with van der Waals surface area (Å²) in [5.74, 6) is 0.745. The monoisotopic (exact) mass is 227 g/mol. The van der Waals surface area contributed by atoms with Gasteiger partial charge in [-0.3, -0.25) is 0 Å². The van der Waals surface area contributed by atoms with Gasteiger partial charge in [0.1, 0.15) is 0 Å². The quantitative estimate of drug-likeness (QED) is 0.771. The Hall–Kier alpha value is -0.120. The summed E-state index contributed by atoms with van der Waals surface area (Å²) < 4.78 is 5.49. The first-order chi connectivity index (χ1) is 7.66. The molecule has 94 valence electrons. The number of hydrogen-bond donors (Lipinski definition) is 2. The fraction of sp³-hybridized carbons (Fsp3) is 1.00. The van der Waals surface area contributed by atoms with Crippen LogP contribution in [-0.2, 0) is 4.74 Å². The highest BCUT2D eigenvalue weighted by atomic mass is 16.5. The van der Waals surface area contributed by atoms with E-state index >= 15 is 0 Å². The van der Waals surface area contributed by atoms with E-state index in [0.717, 1.165) is 38.2 Å². The van der Waals surface area contributed by atoms with Crippen molar-refractivity contribution in [3.05, 3.63) is 0 Å². The summed E-state index contributed by atoms with van der Waals surface area (Å²) >= 11 is 0. The summed E-state index contributed by atoms with van der Waals surface area (Å²) in [6, 6.07) is 0. The highest BCUT2D eigenvalue weighted by molar-refractivity contribution is 5.04. The van der Waals surface area contributed by atoms with Gasteiger partial charge in [-0.15, -0.1) is 0 Å². The Morgan fingerprint density at radius 2 is 2.25 bits per heavy atom. The Labute approximate surface area is 98.4 Å². The third kappa shape index (κ3) is 1.89. The van der Waals surface area contributed by atoms with E-state index in [1.807, 2.05) is 0 Å². The topological polar surface area (TPSA) is 55.5 Å². The van der Waals surface area contributed by atoms with E-state index in [1.54, 1.807) is 0 Å². The molecule has 3 heteroatoms. The van der Waals surface area contributed by atoms with Crippen molar-refractivity contribution in [2.75, 3.05) is 19.8 Å². The van der Waals surface area contributed by atoms with Crippen molar-refractivity contribution in [2.24, 2.45) is 17.1 Å². The van der Waals surface area contributed by atoms with E-state index in [1.165, 1.54) is 12.8 Å². The van der Waals surface area contributed by atoms with E-state index in [-0.39, 0.29) is 5.41 Å². The molecular formula is C13H25NO2. The molecule has 1 saturated heterocycles. The molecule has 0 bridgehead atoms. The van der Waals surface area contributed by atoms with Crippen molar-refractivity contribution in [2.45, 2.75) is 51.0 Å². The molecule has 2 rings (SSSR count). The normalized spacial score (nSPS) is 44.8. The van der Waals surface area contributed by atoms with E-state index in [4.69, 9.17) is 10.5 Å². The predicted molar refractivity (Wildman–Crippen MR) is 64.1 cm³/mol. The van der Waals surface area contributed by atoms with Crippen molar-refractivity contribution < 1.29 is 9.84 Å². The number of nitrogens with two attached hydrogens (primary N) is 1. The van der Waals surface area contributed by atoms with Gasteiger partial charge in [-0.05, 0) is 38.0 Å². The number of rotatable bonds is 3. The minimum atomic E-state index is -0.663. The maximum Gasteiger partial charge on any atom is 0.0948 e. The van der Waals surface area contributed by atoms with Crippen molar-refractivity contribution in [1.82, 2.24) is 0 Å². The van der Waals surface area contributed by atoms with Gasteiger partial charge in [-0.25, -0.2) is 0 Å². The molecule has 1 saturated carbocycles. The second-order valence-electron chi connectivity index (χ2n) is 5.69. The van der Waals surface area contributed by atoms with Gasteiger partial charge in [0.2, 0.25) is 0 Å². The highest BCUT2D eigenvalue weighted by Gasteiger charge is 2.53. The molecule has 2 fully saturated rings. The lowest BCUT2D eigenvalue weighted by Crippen LogP contribution is -2.56. The summed E-state index contributed by atoms with van der Waals surface area (Å²) in [6.07, 6.45) is 6.41. The molecule has 3 unspecified atom stereocenters. The molecule has 3 N–H and O–H groups in total. The zero-order valence-electron chi connectivity index (χ0n) is 10.4. The van der Waals surface area contributed by atoms with Gasteiger partial charge in [0, 0.05) is 18.6 Å². The van der Waals surface area contributed by atoms with Crippen LogP contribution in [0.1, 0.15) is 45.4 Å². The lowest BCUT2D eigenvalue weighted by atomic mass is 9.67. The summed E-state index contributed by atoms with van der Waals surface area (Å²) in [6.45, 7) is 4.11. The van der Waals surface area contributed by atoms with Crippen LogP contribution in [0.3, 0.4) is 0 Å². The first kappa shape index (κ1) is 12.3. The van der Waals surface area contributed by atoms with Crippen molar-refractivity contribution in [3.8, 4) is 0 Å². The highest BCUT2D eigenvalue weighted by Crippen LogP contribution is 2.51. The molecule has 16 heavy (non-hydrogen) atoms. The summed E-state index contributed by atoms with van der Waals surface area (Å²) in [5.41, 5.74) is 5.25. The van der Waals surface area contributed by atoms with E-state index in [0.29, 0.717) is 13.2 Å². The summed E-state index contributed by atoms with van der Waals surface area (Å²) in [4.78, 5) is 0. The second-order valence-corrected chi connectivity index (χ2v) is 5.69. The Kier molecular flexibility index (Phi) is 3.57. The van der Waals surface area contributed by atoms with Crippen LogP contribution in [0.25, 0.3) is 0 Å². The third-order valence-corrected chi connectivity index (χ3v) is 4.89. The Balaban J connectivity index is 2.14. The molecule has 1 heterocycles. The van der Waals surface area contributed by atoms with Crippen LogP contribution in [0.5, 0.6) is 0 Å². The van der Waals surface area contributed by atoms with Crippen molar-refractivity contribution in [1.29, 1.82) is 0 Å². The molecule has 3 atom stereocenters. The third-order valence-electron chi connectivity index (χ3n) is 4.89. The molecule has 0 aromatic rings. The predicted octanol–water partition coefficient (Wildman–Crippen LogP) is 1.68. The lowest BCUT2D eigenvalue weighted by Gasteiger charge is -2.46. The average Bonchev–Trinajstić information content (AvgIpc) is 2.75. The molecule has 0 aromatic carbocycles. The van der Waals surface area contributed by atoms with Crippen LogP contribution >= 0.6 is 0 Å². The zero-order chi connectivity index (χ0) is 11.6. The minimum Gasteiger partial charge on any atom is -0.387 e. The van der Waals surface area contributed by atoms with Gasteiger partial charge >= 0.3 is 0 Å². The molecule has 0 spiro atoms. The first-order valence-corrected chi connectivity index (χ1v) is 6.66. The van der Waals surface area contributed by atoms with E-state index < -0.39 is 5.60 Å². The Bertz CT molecular complexity index is 238. The minimum absolute atomic E-state index is 0.0753. The van der Waals surface area contributed by atoms with Crippen LogP contribution in [0, 0.1) is 11.3 Å². The smallest absolute Gasteiger partial charge is 0.0948 e. The Morgan fingerprint density at radius 1 is 1.44 bits per heavy atom. The second kappa shape index (κ2) is 4.63.